The number of nitrogens with zero attached hydrogens (tertiary/aromatic N) is 8. The zero-order chi connectivity index (χ0) is 25.9. The fraction of sp³-hybridized carbons (Fsp3) is 0.429. The lowest BCUT2D eigenvalue weighted by atomic mass is 10.0. The Kier molecular flexibility index (Phi) is 10.0. The lowest BCUT2D eigenvalue weighted by Gasteiger charge is -2.31. The van der Waals surface area contributed by atoms with Gasteiger partial charge in [0.2, 0.25) is 0 Å². The fourth-order valence-corrected chi connectivity index (χ4v) is 5.52. The minimum absolute atomic E-state index is 0. The SMILES string of the molecule is COCCN1CCC(n2cc(-c3cc(-c4ccc(N5CCNCC5)nc4)c4c(C#N)cnn4c3)cn2)CC1.Cl.Cl. The number of aromatic nitrogens is 5. The van der Waals surface area contributed by atoms with E-state index < -0.39 is 0 Å². The smallest absolute Gasteiger partial charge is 0.128 e. The summed E-state index contributed by atoms with van der Waals surface area (Å²) in [6.07, 6.45) is 11.7. The first-order valence-electron chi connectivity index (χ1n) is 13.3. The van der Waals surface area contributed by atoms with Crippen molar-refractivity contribution >= 4 is 36.1 Å². The van der Waals surface area contributed by atoms with Gasteiger partial charge in [0, 0.05) is 93.8 Å². The Morgan fingerprint density at radius 2 is 1.77 bits per heavy atom. The number of fused-ring (bicyclic) bond motifs is 1. The summed E-state index contributed by atoms with van der Waals surface area (Å²) >= 11 is 0. The van der Waals surface area contributed by atoms with Crippen molar-refractivity contribution in [2.24, 2.45) is 0 Å². The number of piperidine rings is 1. The van der Waals surface area contributed by atoms with E-state index in [0.717, 1.165) is 98.9 Å². The molecule has 0 atom stereocenters. The summed E-state index contributed by atoms with van der Waals surface area (Å²) in [6.45, 7) is 7.70. The Labute approximate surface area is 246 Å². The highest BCUT2D eigenvalue weighted by Crippen LogP contribution is 2.33. The summed E-state index contributed by atoms with van der Waals surface area (Å²) < 4.78 is 9.15. The molecule has 0 unspecified atom stereocenters. The zero-order valence-electron chi connectivity index (χ0n) is 22.6. The van der Waals surface area contributed by atoms with Crippen LogP contribution in [-0.2, 0) is 4.74 Å². The molecular formula is C28H35Cl2N9O. The van der Waals surface area contributed by atoms with Gasteiger partial charge in [0.1, 0.15) is 11.9 Å². The van der Waals surface area contributed by atoms with Gasteiger partial charge in [-0.05, 0) is 31.0 Å². The monoisotopic (exact) mass is 583 g/mol. The van der Waals surface area contributed by atoms with Crippen LogP contribution in [0.25, 0.3) is 27.8 Å². The van der Waals surface area contributed by atoms with E-state index in [1.165, 1.54) is 0 Å². The van der Waals surface area contributed by atoms with E-state index in [0.29, 0.717) is 11.6 Å². The number of hydrogen-bond acceptors (Lipinski definition) is 8. The summed E-state index contributed by atoms with van der Waals surface area (Å²) in [7, 11) is 1.75. The Bertz CT molecular complexity index is 1430. The average Bonchev–Trinajstić information content (AvgIpc) is 3.64. The second kappa shape index (κ2) is 13.4. The fourth-order valence-electron chi connectivity index (χ4n) is 5.52. The standard InChI is InChI=1S/C28H33N9O.2ClH/c1-38-13-12-34-8-4-25(5-9-34)36-20-24(18-32-36)22-14-26(28-23(15-29)17-33-37(28)19-22)21-2-3-27(31-16-21)35-10-6-30-7-11-35;;/h2-3,14,16-20,25,30H,4-13H2,1H3;2*1H. The molecule has 0 spiro atoms. The second-order valence-electron chi connectivity index (χ2n) is 10.0. The van der Waals surface area contributed by atoms with Crippen LogP contribution in [0.1, 0.15) is 24.4 Å². The Balaban J connectivity index is 0.00000185. The Hall–Kier alpha value is -3.20. The van der Waals surface area contributed by atoms with Crippen molar-refractivity contribution in [1.29, 1.82) is 5.26 Å². The number of methoxy groups -OCH3 is 1. The molecule has 2 saturated heterocycles. The normalized spacial score (nSPS) is 16.4. The largest absolute Gasteiger partial charge is 0.383 e. The van der Waals surface area contributed by atoms with Crippen LogP contribution in [0.15, 0.2) is 49.2 Å². The van der Waals surface area contributed by atoms with E-state index in [2.05, 4.69) is 55.4 Å². The van der Waals surface area contributed by atoms with E-state index in [-0.39, 0.29) is 24.8 Å². The molecule has 2 aliphatic heterocycles. The van der Waals surface area contributed by atoms with Gasteiger partial charge in [-0.15, -0.1) is 24.8 Å². The number of nitriles is 1. The molecule has 12 heteroatoms. The summed E-state index contributed by atoms with van der Waals surface area (Å²) in [5, 5.41) is 22.4. The van der Waals surface area contributed by atoms with Gasteiger partial charge in [0.25, 0.3) is 0 Å². The van der Waals surface area contributed by atoms with Crippen molar-refractivity contribution < 1.29 is 4.74 Å². The molecule has 4 aromatic heterocycles. The van der Waals surface area contributed by atoms with E-state index in [4.69, 9.17) is 14.8 Å². The summed E-state index contributed by atoms with van der Waals surface area (Å²) in [4.78, 5) is 9.52. The quantitative estimate of drug-likeness (QED) is 0.352. The zero-order valence-corrected chi connectivity index (χ0v) is 24.2. The topological polar surface area (TPSA) is 99.5 Å². The highest BCUT2D eigenvalue weighted by Gasteiger charge is 2.22. The number of anilines is 1. The van der Waals surface area contributed by atoms with Gasteiger partial charge in [0.05, 0.1) is 36.1 Å². The Morgan fingerprint density at radius 1 is 0.975 bits per heavy atom. The number of rotatable bonds is 7. The van der Waals surface area contributed by atoms with Gasteiger partial charge in [-0.1, -0.05) is 0 Å². The number of ether oxygens (including phenoxy) is 1. The minimum Gasteiger partial charge on any atom is -0.383 e. The second-order valence-corrected chi connectivity index (χ2v) is 10.0. The maximum atomic E-state index is 9.76. The predicted octanol–water partition coefficient (Wildman–Crippen LogP) is 3.67. The molecule has 0 amide bonds. The van der Waals surface area contributed by atoms with E-state index in [9.17, 15) is 5.26 Å². The lowest BCUT2D eigenvalue weighted by molar-refractivity contribution is 0.119. The molecule has 2 fully saturated rings. The van der Waals surface area contributed by atoms with Gasteiger partial charge >= 0.3 is 0 Å². The molecule has 0 saturated carbocycles. The first-order chi connectivity index (χ1) is 18.7. The molecule has 10 nitrogen and oxygen atoms in total. The molecule has 212 valence electrons. The van der Waals surface area contributed by atoms with Gasteiger partial charge in [-0.2, -0.15) is 15.5 Å². The van der Waals surface area contributed by atoms with Crippen LogP contribution in [0.3, 0.4) is 0 Å². The number of nitrogens with one attached hydrogen (secondary N) is 1. The van der Waals surface area contributed by atoms with Crippen molar-refractivity contribution in [1.82, 2.24) is 34.6 Å². The molecule has 0 radical (unpaired) electrons. The number of likely N-dealkylation sites (tertiary alicyclic amines) is 1. The van der Waals surface area contributed by atoms with Gasteiger partial charge < -0.3 is 19.9 Å². The molecule has 0 bridgehead atoms. The molecule has 6 rings (SSSR count). The van der Waals surface area contributed by atoms with Crippen LogP contribution in [0.2, 0.25) is 0 Å². The van der Waals surface area contributed by atoms with Crippen LogP contribution in [0, 0.1) is 11.3 Å². The van der Waals surface area contributed by atoms with E-state index in [1.54, 1.807) is 17.8 Å². The third-order valence-corrected chi connectivity index (χ3v) is 7.71. The highest BCUT2D eigenvalue weighted by atomic mass is 35.5. The van der Waals surface area contributed by atoms with Crippen molar-refractivity contribution in [3.05, 3.63) is 54.7 Å². The third-order valence-electron chi connectivity index (χ3n) is 7.71. The lowest BCUT2D eigenvalue weighted by Crippen LogP contribution is -2.43. The van der Waals surface area contributed by atoms with Crippen LogP contribution in [0.4, 0.5) is 5.82 Å². The summed E-state index contributed by atoms with van der Waals surface area (Å²) in [5.41, 5.74) is 5.29. The molecule has 2 aliphatic rings. The van der Waals surface area contributed by atoms with Crippen molar-refractivity contribution in [2.45, 2.75) is 18.9 Å². The molecular weight excluding hydrogens is 549 g/mol. The van der Waals surface area contributed by atoms with Crippen molar-refractivity contribution in [3.63, 3.8) is 0 Å². The first-order valence-corrected chi connectivity index (χ1v) is 13.3. The predicted molar refractivity (Wildman–Crippen MR) is 161 cm³/mol. The third kappa shape index (κ3) is 6.09. The maximum Gasteiger partial charge on any atom is 0.128 e. The molecule has 40 heavy (non-hydrogen) atoms. The summed E-state index contributed by atoms with van der Waals surface area (Å²) in [6, 6.07) is 8.99. The molecule has 1 N–H and O–H groups in total. The number of piperazine rings is 1. The number of halogens is 2. The molecule has 0 aliphatic carbocycles. The average molecular weight is 585 g/mol. The molecule has 6 heterocycles. The van der Waals surface area contributed by atoms with Gasteiger partial charge in [0.15, 0.2) is 0 Å². The number of hydrogen-bond donors (Lipinski definition) is 1. The van der Waals surface area contributed by atoms with Crippen LogP contribution < -0.4 is 10.2 Å². The molecule has 0 aromatic carbocycles. The Morgan fingerprint density at radius 3 is 2.48 bits per heavy atom. The minimum atomic E-state index is 0. The summed E-state index contributed by atoms with van der Waals surface area (Å²) in [5.74, 6) is 0.978. The van der Waals surface area contributed by atoms with Crippen molar-refractivity contribution in [2.75, 3.05) is 64.4 Å². The van der Waals surface area contributed by atoms with Gasteiger partial charge in [-0.3, -0.25) is 4.68 Å². The van der Waals surface area contributed by atoms with Gasteiger partial charge in [-0.25, -0.2) is 9.50 Å². The van der Waals surface area contributed by atoms with E-state index in [1.807, 2.05) is 18.6 Å². The van der Waals surface area contributed by atoms with Crippen LogP contribution in [-0.4, -0.2) is 88.8 Å². The maximum absolute atomic E-state index is 9.76. The highest BCUT2D eigenvalue weighted by molar-refractivity contribution is 5.87. The van der Waals surface area contributed by atoms with Crippen molar-refractivity contribution in [3.8, 4) is 28.3 Å². The molecule has 4 aromatic rings. The van der Waals surface area contributed by atoms with E-state index >= 15 is 0 Å². The first kappa shape index (κ1) is 29.8. The van der Waals surface area contributed by atoms with Crippen LogP contribution >= 0.6 is 24.8 Å². The number of pyridine rings is 2. The van der Waals surface area contributed by atoms with Crippen LogP contribution in [0.5, 0.6) is 0 Å².